The van der Waals surface area contributed by atoms with Gasteiger partial charge in [-0.15, -0.1) is 0 Å². The summed E-state index contributed by atoms with van der Waals surface area (Å²) in [6, 6.07) is 7.78. The van der Waals surface area contributed by atoms with Crippen molar-refractivity contribution < 1.29 is 19.1 Å². The molecular formula is C25H32N4O4. The van der Waals surface area contributed by atoms with Crippen LogP contribution in [-0.4, -0.2) is 46.0 Å². The number of hydrogen-bond donors (Lipinski definition) is 1. The number of carbonyl (C=O) groups excluding carboxylic acids is 3. The number of anilines is 1. The number of ether oxygens (including phenoxy) is 1. The standard InChI is InChI=1S/C25H32N4O4/c1-16(2)17-10-12-19(13-11-17)29-22(30)21-20(23(31)33-4)26-15-28(21)14-25(29,3)24(32)27-18-8-6-5-7-9-18/h10-13,15-16,18H,5-9,14H2,1-4H3,(H,27,32). The third kappa shape index (κ3) is 4.14. The lowest BCUT2D eigenvalue weighted by Gasteiger charge is -2.44. The molecule has 0 spiro atoms. The van der Waals surface area contributed by atoms with E-state index in [1.165, 1.54) is 24.8 Å². The highest BCUT2D eigenvalue weighted by atomic mass is 16.5. The monoisotopic (exact) mass is 452 g/mol. The fourth-order valence-electron chi connectivity index (χ4n) is 4.88. The van der Waals surface area contributed by atoms with Gasteiger partial charge in [-0.1, -0.05) is 45.2 Å². The molecule has 1 aromatic heterocycles. The first-order chi connectivity index (χ1) is 15.8. The molecule has 1 aromatic carbocycles. The van der Waals surface area contributed by atoms with Crippen LogP contribution in [0.1, 0.15) is 85.3 Å². The molecule has 1 atom stereocenters. The van der Waals surface area contributed by atoms with Crippen LogP contribution in [0.5, 0.6) is 0 Å². The van der Waals surface area contributed by atoms with E-state index in [9.17, 15) is 14.4 Å². The van der Waals surface area contributed by atoms with E-state index in [4.69, 9.17) is 4.74 Å². The van der Waals surface area contributed by atoms with Crippen LogP contribution in [-0.2, 0) is 16.1 Å². The van der Waals surface area contributed by atoms with Crippen LogP contribution in [0.3, 0.4) is 0 Å². The molecule has 1 aliphatic carbocycles. The number of nitrogens with one attached hydrogen (secondary N) is 1. The first-order valence-corrected chi connectivity index (χ1v) is 11.6. The Hall–Kier alpha value is -3.16. The largest absolute Gasteiger partial charge is 0.464 e. The van der Waals surface area contributed by atoms with Crippen molar-refractivity contribution in [3.05, 3.63) is 47.5 Å². The number of aromatic nitrogens is 2. The van der Waals surface area contributed by atoms with E-state index in [1.807, 2.05) is 24.3 Å². The summed E-state index contributed by atoms with van der Waals surface area (Å²) in [5, 5.41) is 3.19. The van der Waals surface area contributed by atoms with E-state index in [0.29, 0.717) is 11.6 Å². The number of benzene rings is 1. The molecule has 1 unspecified atom stereocenters. The molecule has 8 heteroatoms. The van der Waals surface area contributed by atoms with Crippen molar-refractivity contribution in [3.8, 4) is 0 Å². The lowest BCUT2D eigenvalue weighted by Crippen LogP contribution is -2.65. The Bertz CT molecular complexity index is 1050. The predicted octanol–water partition coefficient (Wildman–Crippen LogP) is 3.66. The van der Waals surface area contributed by atoms with Gasteiger partial charge in [0, 0.05) is 11.7 Å². The molecule has 33 heavy (non-hydrogen) atoms. The molecule has 1 N–H and O–H groups in total. The Morgan fingerprint density at radius 1 is 1.15 bits per heavy atom. The van der Waals surface area contributed by atoms with Crippen LogP contribution in [0.2, 0.25) is 0 Å². The summed E-state index contributed by atoms with van der Waals surface area (Å²) in [6.07, 6.45) is 6.70. The highest BCUT2D eigenvalue weighted by molar-refractivity contribution is 6.15. The van der Waals surface area contributed by atoms with E-state index in [1.54, 1.807) is 11.5 Å². The quantitative estimate of drug-likeness (QED) is 0.699. The number of esters is 1. The molecule has 2 aliphatic rings. The van der Waals surface area contributed by atoms with Crippen LogP contribution in [0.15, 0.2) is 30.6 Å². The molecule has 1 saturated carbocycles. The third-order valence-electron chi connectivity index (χ3n) is 6.84. The van der Waals surface area contributed by atoms with E-state index in [-0.39, 0.29) is 29.9 Å². The molecule has 2 aromatic rings. The molecule has 0 saturated heterocycles. The van der Waals surface area contributed by atoms with Crippen LogP contribution >= 0.6 is 0 Å². The molecule has 4 rings (SSSR count). The molecule has 1 fully saturated rings. The number of rotatable bonds is 5. The summed E-state index contributed by atoms with van der Waals surface area (Å²) in [7, 11) is 1.26. The lowest BCUT2D eigenvalue weighted by atomic mass is 9.90. The normalized spacial score (nSPS) is 21.1. The highest BCUT2D eigenvalue weighted by Crippen LogP contribution is 2.35. The highest BCUT2D eigenvalue weighted by Gasteiger charge is 2.50. The number of fused-ring (bicyclic) bond motifs is 1. The van der Waals surface area contributed by atoms with Crippen molar-refractivity contribution in [1.82, 2.24) is 14.9 Å². The maximum Gasteiger partial charge on any atom is 0.359 e. The fourth-order valence-corrected chi connectivity index (χ4v) is 4.88. The van der Waals surface area contributed by atoms with Gasteiger partial charge >= 0.3 is 5.97 Å². The third-order valence-corrected chi connectivity index (χ3v) is 6.84. The maximum atomic E-state index is 13.8. The van der Waals surface area contributed by atoms with Crippen LogP contribution in [0.4, 0.5) is 5.69 Å². The van der Waals surface area contributed by atoms with Crippen molar-refractivity contribution in [2.75, 3.05) is 12.0 Å². The molecule has 1 aliphatic heterocycles. The second-order valence-corrected chi connectivity index (χ2v) is 9.53. The van der Waals surface area contributed by atoms with E-state index >= 15 is 0 Å². The first-order valence-electron chi connectivity index (χ1n) is 11.6. The molecule has 176 valence electrons. The summed E-state index contributed by atoms with van der Waals surface area (Å²) >= 11 is 0. The summed E-state index contributed by atoms with van der Waals surface area (Å²) < 4.78 is 6.42. The van der Waals surface area contributed by atoms with Gasteiger partial charge in [-0.2, -0.15) is 0 Å². The first kappa shape index (κ1) is 23.0. The molecular weight excluding hydrogens is 420 g/mol. The summed E-state index contributed by atoms with van der Waals surface area (Å²) in [5.74, 6) is -0.987. The smallest absolute Gasteiger partial charge is 0.359 e. The lowest BCUT2D eigenvalue weighted by molar-refractivity contribution is -0.127. The zero-order valence-electron chi connectivity index (χ0n) is 19.8. The Balaban J connectivity index is 1.77. The zero-order chi connectivity index (χ0) is 23.8. The van der Waals surface area contributed by atoms with Crippen molar-refractivity contribution >= 4 is 23.5 Å². The zero-order valence-corrected chi connectivity index (χ0v) is 19.8. The van der Waals surface area contributed by atoms with Gasteiger partial charge in [0.15, 0.2) is 5.69 Å². The summed E-state index contributed by atoms with van der Waals surface area (Å²) in [6.45, 7) is 6.16. The average molecular weight is 453 g/mol. The SMILES string of the molecule is COC(=O)c1ncn2c1C(=O)N(c1ccc(C(C)C)cc1)C(C)(C(=O)NC1CCCCC1)C2. The summed E-state index contributed by atoms with van der Waals surface area (Å²) in [5.41, 5.74) is 0.652. The fraction of sp³-hybridized carbons (Fsp3) is 0.520. The Morgan fingerprint density at radius 2 is 1.82 bits per heavy atom. The van der Waals surface area contributed by atoms with Crippen LogP contribution < -0.4 is 10.2 Å². The van der Waals surface area contributed by atoms with Crippen LogP contribution in [0.25, 0.3) is 0 Å². The van der Waals surface area contributed by atoms with Gasteiger partial charge in [-0.3, -0.25) is 14.5 Å². The minimum atomic E-state index is -1.19. The topological polar surface area (TPSA) is 93.5 Å². The van der Waals surface area contributed by atoms with E-state index < -0.39 is 17.4 Å². The molecule has 2 amide bonds. The second-order valence-electron chi connectivity index (χ2n) is 9.53. The maximum absolute atomic E-state index is 13.8. The molecule has 0 radical (unpaired) electrons. The van der Waals surface area contributed by atoms with Gasteiger partial charge in [0.1, 0.15) is 11.2 Å². The van der Waals surface area contributed by atoms with E-state index in [2.05, 4.69) is 24.1 Å². The number of amides is 2. The van der Waals surface area contributed by atoms with Crippen LogP contribution in [0, 0.1) is 0 Å². The van der Waals surface area contributed by atoms with Crippen molar-refractivity contribution in [2.24, 2.45) is 0 Å². The Kier molecular flexibility index (Phi) is 6.28. The number of carbonyl (C=O) groups is 3. The van der Waals surface area contributed by atoms with Gasteiger partial charge in [0.25, 0.3) is 5.91 Å². The number of imidazole rings is 1. The number of hydrogen-bond acceptors (Lipinski definition) is 5. The minimum absolute atomic E-state index is 0.0407. The number of nitrogens with zero attached hydrogens (tertiary/aromatic N) is 3. The van der Waals surface area contributed by atoms with Gasteiger partial charge in [0.2, 0.25) is 5.91 Å². The van der Waals surface area contributed by atoms with Gasteiger partial charge in [0.05, 0.1) is 20.0 Å². The van der Waals surface area contributed by atoms with Gasteiger partial charge in [-0.05, 0) is 43.4 Å². The molecule has 2 heterocycles. The van der Waals surface area contributed by atoms with E-state index in [0.717, 1.165) is 31.2 Å². The predicted molar refractivity (Wildman–Crippen MR) is 124 cm³/mol. The summed E-state index contributed by atoms with van der Waals surface area (Å²) in [4.78, 5) is 45.4. The van der Waals surface area contributed by atoms with Crippen molar-refractivity contribution in [3.63, 3.8) is 0 Å². The van der Waals surface area contributed by atoms with Crippen molar-refractivity contribution in [2.45, 2.75) is 76.9 Å². The minimum Gasteiger partial charge on any atom is -0.464 e. The second kappa shape index (κ2) is 9.00. The Labute approximate surface area is 194 Å². The van der Waals surface area contributed by atoms with Gasteiger partial charge in [-0.25, -0.2) is 9.78 Å². The number of methoxy groups -OCH3 is 1. The molecule has 8 nitrogen and oxygen atoms in total. The van der Waals surface area contributed by atoms with Gasteiger partial charge < -0.3 is 14.6 Å². The van der Waals surface area contributed by atoms with Crippen molar-refractivity contribution in [1.29, 1.82) is 0 Å². The Morgan fingerprint density at radius 3 is 2.42 bits per heavy atom. The molecule has 0 bridgehead atoms. The average Bonchev–Trinajstić information content (AvgIpc) is 3.23.